The monoisotopic (exact) mass is 321 g/mol. The minimum absolute atomic E-state index is 0.0626. The van der Waals surface area contributed by atoms with Crippen LogP contribution in [0.2, 0.25) is 0 Å². The van der Waals surface area contributed by atoms with Crippen LogP contribution in [-0.2, 0) is 9.59 Å². The number of hydrogen-bond donors (Lipinski definition) is 2. The van der Waals surface area contributed by atoms with Gasteiger partial charge in [0, 0.05) is 32.7 Å². The summed E-state index contributed by atoms with van der Waals surface area (Å²) in [5, 5.41) is 12.2. The molecule has 8 heteroatoms. The molecule has 2 N–H and O–H groups in total. The van der Waals surface area contributed by atoms with Gasteiger partial charge in [0.1, 0.15) is 18.0 Å². The van der Waals surface area contributed by atoms with Gasteiger partial charge in [0.2, 0.25) is 5.91 Å². The van der Waals surface area contributed by atoms with Crippen molar-refractivity contribution in [1.29, 1.82) is 0 Å². The maximum atomic E-state index is 11.8. The Balaban J connectivity index is 1.95. The molecule has 0 atom stereocenters. The Hall–Kier alpha value is -2.38. The van der Waals surface area contributed by atoms with Gasteiger partial charge in [0.05, 0.1) is 12.0 Å². The minimum Gasteiger partial charge on any atom is -0.481 e. The Morgan fingerprint density at radius 3 is 2.78 bits per heavy atom. The Bertz CT molecular complexity index is 590. The van der Waals surface area contributed by atoms with Gasteiger partial charge in [-0.3, -0.25) is 9.59 Å². The van der Waals surface area contributed by atoms with E-state index in [2.05, 4.69) is 15.3 Å². The minimum atomic E-state index is -0.821. The van der Waals surface area contributed by atoms with Crippen LogP contribution in [0.3, 0.4) is 0 Å². The maximum Gasteiger partial charge on any atom is 0.309 e. The van der Waals surface area contributed by atoms with Crippen LogP contribution in [-0.4, -0.2) is 65.1 Å². The maximum absolute atomic E-state index is 11.8. The molecule has 1 saturated heterocycles. The molecule has 0 spiro atoms. The second-order valence-corrected chi connectivity index (χ2v) is 6.36. The van der Waals surface area contributed by atoms with Gasteiger partial charge in [-0.05, 0) is 20.3 Å². The van der Waals surface area contributed by atoms with Crippen LogP contribution in [0, 0.1) is 5.41 Å². The van der Waals surface area contributed by atoms with Gasteiger partial charge in [-0.2, -0.15) is 0 Å². The standard InChI is InChI=1S/C15H23N5O3/c1-15(2,14(22)23)4-5-16-11-8-12(18-10-17-11)20-7-6-19(3)13(21)9-20/h8,10H,4-7,9H2,1-3H3,(H,22,23)(H,16,17,18). The van der Waals surface area contributed by atoms with Crippen LogP contribution in [0.1, 0.15) is 20.3 Å². The summed E-state index contributed by atoms with van der Waals surface area (Å²) in [7, 11) is 1.79. The third-order valence-corrected chi connectivity index (χ3v) is 4.07. The number of anilines is 2. The molecule has 0 saturated carbocycles. The van der Waals surface area contributed by atoms with E-state index in [4.69, 9.17) is 5.11 Å². The zero-order valence-electron chi connectivity index (χ0n) is 13.7. The number of aliphatic carboxylic acids is 1. The topological polar surface area (TPSA) is 98.7 Å². The molecule has 1 fully saturated rings. The van der Waals surface area contributed by atoms with E-state index >= 15 is 0 Å². The van der Waals surface area contributed by atoms with Crippen molar-refractivity contribution in [1.82, 2.24) is 14.9 Å². The van der Waals surface area contributed by atoms with Crippen molar-refractivity contribution in [2.75, 3.05) is 43.4 Å². The molecular weight excluding hydrogens is 298 g/mol. The molecule has 0 bridgehead atoms. The summed E-state index contributed by atoms with van der Waals surface area (Å²) in [5.41, 5.74) is -0.785. The van der Waals surface area contributed by atoms with E-state index in [1.807, 2.05) is 4.90 Å². The summed E-state index contributed by atoms with van der Waals surface area (Å²) in [6.07, 6.45) is 1.93. The summed E-state index contributed by atoms with van der Waals surface area (Å²) in [5.74, 6) is 0.565. The molecule has 1 aromatic heterocycles. The summed E-state index contributed by atoms with van der Waals surface area (Å²) in [6, 6.07) is 1.78. The van der Waals surface area contributed by atoms with E-state index in [0.29, 0.717) is 37.7 Å². The fourth-order valence-electron chi connectivity index (χ4n) is 2.18. The zero-order chi connectivity index (χ0) is 17.0. The summed E-state index contributed by atoms with van der Waals surface area (Å²) >= 11 is 0. The van der Waals surface area contributed by atoms with Crippen molar-refractivity contribution >= 4 is 23.5 Å². The highest BCUT2D eigenvalue weighted by Crippen LogP contribution is 2.21. The van der Waals surface area contributed by atoms with E-state index in [1.165, 1.54) is 6.33 Å². The number of hydrogen-bond acceptors (Lipinski definition) is 6. The van der Waals surface area contributed by atoms with Crippen LogP contribution in [0.25, 0.3) is 0 Å². The van der Waals surface area contributed by atoms with Crippen molar-refractivity contribution in [3.05, 3.63) is 12.4 Å². The van der Waals surface area contributed by atoms with Crippen molar-refractivity contribution in [3.63, 3.8) is 0 Å². The number of carboxylic acids is 1. The van der Waals surface area contributed by atoms with Gasteiger partial charge in [-0.1, -0.05) is 0 Å². The average Bonchev–Trinajstić information content (AvgIpc) is 2.50. The number of carbonyl (C=O) groups excluding carboxylic acids is 1. The van der Waals surface area contributed by atoms with Crippen molar-refractivity contribution in [3.8, 4) is 0 Å². The van der Waals surface area contributed by atoms with E-state index in [9.17, 15) is 9.59 Å². The molecule has 1 aromatic rings. The van der Waals surface area contributed by atoms with E-state index in [1.54, 1.807) is 31.9 Å². The number of carboxylic acid groups (broad SMARTS) is 1. The molecule has 0 radical (unpaired) electrons. The summed E-state index contributed by atoms with van der Waals surface area (Å²) in [4.78, 5) is 34.8. The second-order valence-electron chi connectivity index (χ2n) is 6.36. The lowest BCUT2D eigenvalue weighted by Crippen LogP contribution is -2.48. The fraction of sp³-hybridized carbons (Fsp3) is 0.600. The van der Waals surface area contributed by atoms with Crippen molar-refractivity contribution < 1.29 is 14.7 Å². The van der Waals surface area contributed by atoms with Crippen LogP contribution >= 0.6 is 0 Å². The van der Waals surface area contributed by atoms with Crippen LogP contribution in [0.5, 0.6) is 0 Å². The van der Waals surface area contributed by atoms with Gasteiger partial charge in [-0.15, -0.1) is 0 Å². The molecular formula is C15H23N5O3. The van der Waals surface area contributed by atoms with Crippen LogP contribution < -0.4 is 10.2 Å². The average molecular weight is 321 g/mol. The van der Waals surface area contributed by atoms with Gasteiger partial charge in [0.25, 0.3) is 0 Å². The SMILES string of the molecule is CN1CCN(c2cc(NCCC(C)(C)C(=O)O)ncn2)CC1=O. The number of amides is 1. The molecule has 23 heavy (non-hydrogen) atoms. The Kier molecular flexibility index (Phi) is 5.02. The third-order valence-electron chi connectivity index (χ3n) is 4.07. The molecule has 2 heterocycles. The third kappa shape index (κ3) is 4.30. The highest BCUT2D eigenvalue weighted by molar-refractivity contribution is 5.82. The molecule has 1 aliphatic rings. The van der Waals surface area contributed by atoms with Gasteiger partial charge in [-0.25, -0.2) is 9.97 Å². The number of likely N-dealkylation sites (N-methyl/N-ethyl adjacent to an activating group) is 1. The molecule has 1 aliphatic heterocycles. The van der Waals surface area contributed by atoms with Crippen LogP contribution in [0.4, 0.5) is 11.6 Å². The first kappa shape index (κ1) is 17.0. The number of rotatable bonds is 6. The fourth-order valence-corrected chi connectivity index (χ4v) is 2.18. The molecule has 126 valence electrons. The first-order chi connectivity index (χ1) is 10.8. The smallest absolute Gasteiger partial charge is 0.309 e. The second kappa shape index (κ2) is 6.80. The quantitative estimate of drug-likeness (QED) is 0.794. The molecule has 0 aromatic carbocycles. The first-order valence-electron chi connectivity index (χ1n) is 7.58. The van der Waals surface area contributed by atoms with Gasteiger partial charge in [0.15, 0.2) is 0 Å². The Morgan fingerprint density at radius 2 is 2.13 bits per heavy atom. The van der Waals surface area contributed by atoms with E-state index < -0.39 is 11.4 Å². The normalized spacial score (nSPS) is 15.7. The lowest BCUT2D eigenvalue weighted by atomic mass is 9.90. The van der Waals surface area contributed by atoms with Crippen molar-refractivity contribution in [2.45, 2.75) is 20.3 Å². The largest absolute Gasteiger partial charge is 0.481 e. The molecule has 1 amide bonds. The molecule has 8 nitrogen and oxygen atoms in total. The first-order valence-corrected chi connectivity index (χ1v) is 7.58. The predicted molar refractivity (Wildman–Crippen MR) is 86.4 cm³/mol. The lowest BCUT2D eigenvalue weighted by Gasteiger charge is -2.32. The number of aromatic nitrogens is 2. The Morgan fingerprint density at radius 1 is 1.39 bits per heavy atom. The highest BCUT2D eigenvalue weighted by atomic mass is 16.4. The predicted octanol–water partition coefficient (Wildman–Crippen LogP) is 0.668. The van der Waals surface area contributed by atoms with Gasteiger partial charge < -0.3 is 20.2 Å². The number of nitrogens with zero attached hydrogens (tertiary/aromatic N) is 4. The van der Waals surface area contributed by atoms with Gasteiger partial charge >= 0.3 is 5.97 Å². The number of carbonyl (C=O) groups is 2. The summed E-state index contributed by atoms with van der Waals surface area (Å²) < 4.78 is 0. The van der Waals surface area contributed by atoms with Crippen molar-refractivity contribution in [2.24, 2.45) is 5.41 Å². The molecule has 2 rings (SSSR count). The molecule has 0 unspecified atom stereocenters. The van der Waals surface area contributed by atoms with Crippen LogP contribution in [0.15, 0.2) is 12.4 Å². The highest BCUT2D eigenvalue weighted by Gasteiger charge is 2.26. The molecule has 0 aliphatic carbocycles. The van der Waals surface area contributed by atoms with E-state index in [-0.39, 0.29) is 5.91 Å². The number of piperazine rings is 1. The number of nitrogens with one attached hydrogen (secondary N) is 1. The Labute approximate surface area is 135 Å². The van der Waals surface area contributed by atoms with E-state index in [0.717, 1.165) is 6.54 Å². The lowest BCUT2D eigenvalue weighted by molar-refractivity contribution is -0.147. The summed E-state index contributed by atoms with van der Waals surface area (Å²) in [6.45, 7) is 5.58. The zero-order valence-corrected chi connectivity index (χ0v) is 13.7.